The average Bonchev–Trinajstić information content (AvgIpc) is 2.62. The molecule has 0 aliphatic heterocycles. The molecule has 1 aromatic rings. The highest BCUT2D eigenvalue weighted by Crippen LogP contribution is 2.47. The molecule has 0 amide bonds. The lowest BCUT2D eigenvalue weighted by atomic mass is 10.1. The van der Waals surface area contributed by atoms with Crippen LogP contribution in [0.25, 0.3) is 0 Å². The van der Waals surface area contributed by atoms with Crippen LogP contribution in [0, 0.1) is 11.8 Å². The van der Waals surface area contributed by atoms with Crippen molar-refractivity contribution in [2.24, 2.45) is 11.8 Å². The molecule has 2 aliphatic rings. The number of aryl methyl sites for hydroxylation is 1. The van der Waals surface area contributed by atoms with Crippen molar-refractivity contribution in [3.05, 3.63) is 21.9 Å². The van der Waals surface area contributed by atoms with Gasteiger partial charge in [0.1, 0.15) is 0 Å². The highest BCUT2D eigenvalue weighted by atomic mass is 32.1. The standard InChI is InChI=1S/C10H12S/c1-2-10-8(3-4-11-10)6-9-5-7(1)9/h3-4,7,9H,1-2,5-6H2. The molecule has 0 radical (unpaired) electrons. The van der Waals surface area contributed by atoms with Gasteiger partial charge in [-0.05, 0) is 54.5 Å². The lowest BCUT2D eigenvalue weighted by molar-refractivity contribution is 0.672. The van der Waals surface area contributed by atoms with Gasteiger partial charge in [-0.3, -0.25) is 0 Å². The van der Waals surface area contributed by atoms with E-state index in [4.69, 9.17) is 0 Å². The monoisotopic (exact) mass is 164 g/mol. The van der Waals surface area contributed by atoms with Crippen LogP contribution in [0.4, 0.5) is 0 Å². The largest absolute Gasteiger partial charge is 0.149 e. The molecule has 3 rings (SSSR count). The number of rotatable bonds is 0. The fourth-order valence-corrected chi connectivity index (χ4v) is 3.22. The third-order valence-electron chi connectivity index (χ3n) is 3.13. The maximum atomic E-state index is 2.33. The minimum absolute atomic E-state index is 1.07. The summed E-state index contributed by atoms with van der Waals surface area (Å²) >= 11 is 1.96. The first kappa shape index (κ1) is 6.24. The number of hydrogen-bond donors (Lipinski definition) is 0. The molecule has 1 fully saturated rings. The van der Waals surface area contributed by atoms with Crippen LogP contribution in [0.1, 0.15) is 23.3 Å². The van der Waals surface area contributed by atoms with Gasteiger partial charge in [0.2, 0.25) is 0 Å². The van der Waals surface area contributed by atoms with Crippen molar-refractivity contribution in [2.45, 2.75) is 25.7 Å². The van der Waals surface area contributed by atoms with Gasteiger partial charge in [-0.25, -0.2) is 0 Å². The Bertz CT molecular complexity index is 274. The number of fused-ring (bicyclic) bond motifs is 2. The Hall–Kier alpha value is -0.300. The van der Waals surface area contributed by atoms with Gasteiger partial charge in [-0.2, -0.15) is 0 Å². The minimum Gasteiger partial charge on any atom is -0.149 e. The average molecular weight is 164 g/mol. The van der Waals surface area contributed by atoms with E-state index < -0.39 is 0 Å². The topological polar surface area (TPSA) is 0 Å². The molecule has 0 nitrogen and oxygen atoms in total. The van der Waals surface area contributed by atoms with Gasteiger partial charge in [0.15, 0.2) is 0 Å². The second kappa shape index (κ2) is 2.10. The highest BCUT2D eigenvalue weighted by molar-refractivity contribution is 7.10. The Labute approximate surface area is 71.2 Å². The Morgan fingerprint density at radius 2 is 2.36 bits per heavy atom. The third-order valence-corrected chi connectivity index (χ3v) is 4.15. The zero-order chi connectivity index (χ0) is 7.26. The summed E-state index contributed by atoms with van der Waals surface area (Å²) in [5.74, 6) is 2.18. The summed E-state index contributed by atoms with van der Waals surface area (Å²) in [4.78, 5) is 1.68. The molecule has 1 heterocycles. The van der Waals surface area contributed by atoms with Crippen molar-refractivity contribution in [1.29, 1.82) is 0 Å². The van der Waals surface area contributed by atoms with Crippen LogP contribution in [-0.4, -0.2) is 0 Å². The maximum absolute atomic E-state index is 2.33. The Kier molecular flexibility index (Phi) is 1.19. The highest BCUT2D eigenvalue weighted by Gasteiger charge is 2.38. The van der Waals surface area contributed by atoms with Crippen molar-refractivity contribution in [2.75, 3.05) is 0 Å². The molecule has 0 spiro atoms. The molecule has 2 aliphatic carbocycles. The normalized spacial score (nSPS) is 33.8. The molecule has 0 saturated heterocycles. The van der Waals surface area contributed by atoms with Crippen LogP contribution < -0.4 is 0 Å². The van der Waals surface area contributed by atoms with E-state index in [1.54, 1.807) is 10.4 Å². The van der Waals surface area contributed by atoms with Crippen LogP contribution in [0.5, 0.6) is 0 Å². The van der Waals surface area contributed by atoms with Gasteiger partial charge in [0, 0.05) is 4.88 Å². The van der Waals surface area contributed by atoms with Crippen molar-refractivity contribution in [3.8, 4) is 0 Å². The van der Waals surface area contributed by atoms with Crippen LogP contribution in [0.2, 0.25) is 0 Å². The van der Waals surface area contributed by atoms with Crippen molar-refractivity contribution in [3.63, 3.8) is 0 Å². The predicted molar refractivity (Wildman–Crippen MR) is 47.9 cm³/mol. The summed E-state index contributed by atoms with van der Waals surface area (Å²) < 4.78 is 0. The van der Waals surface area contributed by atoms with Gasteiger partial charge >= 0.3 is 0 Å². The van der Waals surface area contributed by atoms with E-state index in [1.807, 2.05) is 11.3 Å². The SMILES string of the molecule is c1cc2c(s1)CCC1CC1C2. The second-order valence-electron chi connectivity index (χ2n) is 3.87. The summed E-state index contributed by atoms with van der Waals surface area (Å²) in [6.07, 6.45) is 5.76. The van der Waals surface area contributed by atoms with Gasteiger partial charge in [0.25, 0.3) is 0 Å². The summed E-state index contributed by atoms with van der Waals surface area (Å²) in [6, 6.07) is 2.33. The quantitative estimate of drug-likeness (QED) is 0.553. The van der Waals surface area contributed by atoms with E-state index in [0.717, 1.165) is 11.8 Å². The number of hydrogen-bond acceptors (Lipinski definition) is 1. The molecular formula is C10H12S. The van der Waals surface area contributed by atoms with E-state index in [1.165, 1.54) is 25.7 Å². The molecule has 2 unspecified atom stereocenters. The van der Waals surface area contributed by atoms with Gasteiger partial charge in [0.05, 0.1) is 0 Å². The zero-order valence-electron chi connectivity index (χ0n) is 6.55. The molecule has 2 atom stereocenters. The Balaban J connectivity index is 1.98. The van der Waals surface area contributed by atoms with Crippen LogP contribution >= 0.6 is 11.3 Å². The van der Waals surface area contributed by atoms with Crippen LogP contribution in [0.15, 0.2) is 11.4 Å². The molecular weight excluding hydrogens is 152 g/mol. The molecule has 1 aromatic heterocycles. The van der Waals surface area contributed by atoms with Gasteiger partial charge in [-0.15, -0.1) is 11.3 Å². The number of thiophene rings is 1. The molecule has 1 saturated carbocycles. The second-order valence-corrected chi connectivity index (χ2v) is 4.87. The first-order chi connectivity index (χ1) is 5.43. The first-order valence-electron chi connectivity index (χ1n) is 4.49. The Morgan fingerprint density at radius 1 is 1.36 bits per heavy atom. The van der Waals surface area contributed by atoms with E-state index in [-0.39, 0.29) is 0 Å². The minimum atomic E-state index is 1.07. The molecule has 1 heteroatoms. The van der Waals surface area contributed by atoms with E-state index >= 15 is 0 Å². The van der Waals surface area contributed by atoms with E-state index in [0.29, 0.717) is 0 Å². The van der Waals surface area contributed by atoms with Gasteiger partial charge in [-0.1, -0.05) is 0 Å². The van der Waals surface area contributed by atoms with Crippen molar-refractivity contribution < 1.29 is 0 Å². The summed E-state index contributed by atoms with van der Waals surface area (Å²) in [7, 11) is 0. The molecule has 58 valence electrons. The lowest BCUT2D eigenvalue weighted by Crippen LogP contribution is -1.85. The molecule has 0 N–H and O–H groups in total. The fourth-order valence-electron chi connectivity index (χ4n) is 2.28. The van der Waals surface area contributed by atoms with E-state index in [2.05, 4.69) is 11.4 Å². The third kappa shape index (κ3) is 0.943. The zero-order valence-corrected chi connectivity index (χ0v) is 7.36. The molecule has 0 bridgehead atoms. The van der Waals surface area contributed by atoms with Crippen molar-refractivity contribution in [1.82, 2.24) is 0 Å². The maximum Gasteiger partial charge on any atom is 0.00774 e. The Morgan fingerprint density at radius 3 is 3.36 bits per heavy atom. The predicted octanol–water partition coefficient (Wildman–Crippen LogP) is 2.87. The van der Waals surface area contributed by atoms with E-state index in [9.17, 15) is 0 Å². The van der Waals surface area contributed by atoms with Crippen molar-refractivity contribution >= 4 is 11.3 Å². The fraction of sp³-hybridized carbons (Fsp3) is 0.600. The smallest absolute Gasteiger partial charge is 0.00774 e. The van der Waals surface area contributed by atoms with Gasteiger partial charge < -0.3 is 0 Å². The molecule has 0 aromatic carbocycles. The van der Waals surface area contributed by atoms with Crippen LogP contribution in [-0.2, 0) is 12.8 Å². The summed E-state index contributed by atoms with van der Waals surface area (Å²) in [5, 5.41) is 2.26. The summed E-state index contributed by atoms with van der Waals surface area (Å²) in [6.45, 7) is 0. The van der Waals surface area contributed by atoms with Crippen LogP contribution in [0.3, 0.4) is 0 Å². The molecule has 11 heavy (non-hydrogen) atoms. The lowest BCUT2D eigenvalue weighted by Gasteiger charge is -1.96. The first-order valence-corrected chi connectivity index (χ1v) is 5.36. The summed E-state index contributed by atoms with van der Waals surface area (Å²) in [5.41, 5.74) is 1.67.